The van der Waals surface area contributed by atoms with Crippen molar-refractivity contribution in [3.05, 3.63) is 72.0 Å². The normalized spacial score (nSPS) is 10.8. The van der Waals surface area contributed by atoms with Crippen LogP contribution in [0, 0.1) is 6.92 Å². The Bertz CT molecular complexity index is 1320. The summed E-state index contributed by atoms with van der Waals surface area (Å²) in [4.78, 5) is 0. The van der Waals surface area contributed by atoms with E-state index in [1.807, 2.05) is 49.4 Å². The number of methoxy groups -OCH3 is 5. The molecule has 0 N–H and O–H groups in total. The summed E-state index contributed by atoms with van der Waals surface area (Å²) in [5, 5.41) is 0.982. The molecule has 0 saturated carbocycles. The molecular formula is C28H28O6. The topological polar surface area (TPSA) is 59.3 Å². The van der Waals surface area contributed by atoms with Crippen molar-refractivity contribution >= 4 is 16.5 Å². The first-order valence-electron chi connectivity index (χ1n) is 10.7. The highest BCUT2D eigenvalue weighted by molar-refractivity contribution is 5.94. The quantitative estimate of drug-likeness (QED) is 0.299. The van der Waals surface area contributed by atoms with Gasteiger partial charge in [-0.15, -0.1) is 0 Å². The van der Waals surface area contributed by atoms with Crippen molar-refractivity contribution in [3.63, 3.8) is 0 Å². The number of hydrogen-bond donors (Lipinski definition) is 0. The molecule has 34 heavy (non-hydrogen) atoms. The maximum atomic E-state index is 6.28. The van der Waals surface area contributed by atoms with E-state index in [2.05, 4.69) is 12.6 Å². The van der Waals surface area contributed by atoms with E-state index in [0.29, 0.717) is 28.6 Å². The Kier molecular flexibility index (Phi) is 6.41. The Morgan fingerprint density at radius 3 is 1.88 bits per heavy atom. The van der Waals surface area contributed by atoms with E-state index in [0.717, 1.165) is 44.7 Å². The van der Waals surface area contributed by atoms with Crippen LogP contribution in [0.3, 0.4) is 0 Å². The molecule has 0 radical (unpaired) electrons. The summed E-state index contributed by atoms with van der Waals surface area (Å²) >= 11 is 0. The van der Waals surface area contributed by atoms with E-state index in [1.165, 1.54) is 0 Å². The monoisotopic (exact) mass is 460 g/mol. The molecule has 176 valence electrons. The van der Waals surface area contributed by atoms with Crippen LogP contribution < -0.4 is 23.7 Å². The zero-order chi connectivity index (χ0) is 24.4. The zero-order valence-electron chi connectivity index (χ0n) is 20.3. The van der Waals surface area contributed by atoms with Gasteiger partial charge in [0.15, 0.2) is 11.5 Å². The van der Waals surface area contributed by atoms with Crippen molar-refractivity contribution in [1.82, 2.24) is 0 Å². The standard InChI is InChI=1S/C28H28O6/c1-16(19-12-25(31-5)28(33-7)26(13-19)32-6)27-17(2)21-14-22(23(30-4)15-24(21)34-27)18-8-10-20(29-3)11-9-18/h8-15H,1H2,2-7H3. The van der Waals surface area contributed by atoms with Gasteiger partial charge in [-0.2, -0.15) is 0 Å². The lowest BCUT2D eigenvalue weighted by Crippen LogP contribution is -1.97. The van der Waals surface area contributed by atoms with Crippen LogP contribution in [-0.2, 0) is 0 Å². The fourth-order valence-corrected chi connectivity index (χ4v) is 4.09. The van der Waals surface area contributed by atoms with Gasteiger partial charge in [0.05, 0.1) is 35.5 Å². The third-order valence-corrected chi connectivity index (χ3v) is 5.95. The highest BCUT2D eigenvalue weighted by Crippen LogP contribution is 2.43. The molecule has 4 aromatic rings. The van der Waals surface area contributed by atoms with Crippen molar-refractivity contribution in [1.29, 1.82) is 0 Å². The van der Waals surface area contributed by atoms with Crippen molar-refractivity contribution in [3.8, 4) is 39.9 Å². The molecule has 0 aliphatic carbocycles. The fraction of sp³-hybridized carbons (Fsp3) is 0.214. The van der Waals surface area contributed by atoms with Gasteiger partial charge in [-0.05, 0) is 48.4 Å². The summed E-state index contributed by atoms with van der Waals surface area (Å²) in [5.74, 6) is 3.82. The highest BCUT2D eigenvalue weighted by atomic mass is 16.5. The first-order valence-corrected chi connectivity index (χ1v) is 10.7. The maximum Gasteiger partial charge on any atom is 0.203 e. The Labute approximate surface area is 199 Å². The van der Waals surface area contributed by atoms with Gasteiger partial charge >= 0.3 is 0 Å². The molecule has 6 heteroatoms. The summed E-state index contributed by atoms with van der Waals surface area (Å²) in [6, 6.07) is 15.6. The third kappa shape index (κ3) is 3.92. The summed E-state index contributed by atoms with van der Waals surface area (Å²) in [7, 11) is 8.05. The fourth-order valence-electron chi connectivity index (χ4n) is 4.09. The number of furan rings is 1. The van der Waals surface area contributed by atoms with Crippen LogP contribution in [0.15, 0.2) is 59.5 Å². The summed E-state index contributed by atoms with van der Waals surface area (Å²) in [6.45, 7) is 6.33. The van der Waals surface area contributed by atoms with E-state index in [9.17, 15) is 0 Å². The minimum Gasteiger partial charge on any atom is -0.497 e. The second-order valence-corrected chi connectivity index (χ2v) is 7.73. The van der Waals surface area contributed by atoms with E-state index in [-0.39, 0.29) is 0 Å². The number of rotatable bonds is 8. The second-order valence-electron chi connectivity index (χ2n) is 7.73. The lowest BCUT2D eigenvalue weighted by Gasteiger charge is -2.14. The third-order valence-electron chi connectivity index (χ3n) is 5.95. The van der Waals surface area contributed by atoms with E-state index in [1.54, 1.807) is 35.5 Å². The molecule has 0 fully saturated rings. The molecule has 0 unspecified atom stereocenters. The molecule has 0 aliphatic heterocycles. The molecule has 6 nitrogen and oxygen atoms in total. The first kappa shape index (κ1) is 23.1. The van der Waals surface area contributed by atoms with Crippen molar-refractivity contribution in [2.75, 3.05) is 35.5 Å². The molecule has 0 saturated heterocycles. The van der Waals surface area contributed by atoms with Gasteiger partial charge in [0, 0.05) is 28.2 Å². The lowest BCUT2D eigenvalue weighted by atomic mass is 9.98. The zero-order valence-corrected chi connectivity index (χ0v) is 20.3. The molecule has 4 rings (SSSR count). The minimum absolute atomic E-state index is 0.525. The largest absolute Gasteiger partial charge is 0.497 e. The van der Waals surface area contributed by atoms with Gasteiger partial charge in [-0.25, -0.2) is 0 Å². The molecular weight excluding hydrogens is 432 g/mol. The Hall–Kier alpha value is -4.06. The molecule has 1 heterocycles. The van der Waals surface area contributed by atoms with E-state index >= 15 is 0 Å². The van der Waals surface area contributed by atoms with Gasteiger partial charge in [-0.1, -0.05) is 18.7 Å². The van der Waals surface area contributed by atoms with Gasteiger partial charge < -0.3 is 28.1 Å². The van der Waals surface area contributed by atoms with Gasteiger partial charge in [0.25, 0.3) is 0 Å². The number of ether oxygens (including phenoxy) is 5. The summed E-state index contributed by atoms with van der Waals surface area (Å²) < 4.78 is 33.7. The van der Waals surface area contributed by atoms with Crippen LogP contribution in [0.5, 0.6) is 28.7 Å². The number of benzene rings is 3. The average Bonchev–Trinajstić information content (AvgIpc) is 3.21. The smallest absolute Gasteiger partial charge is 0.203 e. The van der Waals surface area contributed by atoms with Crippen molar-refractivity contribution in [2.45, 2.75) is 6.92 Å². The summed E-state index contributed by atoms with van der Waals surface area (Å²) in [6.07, 6.45) is 0. The average molecular weight is 461 g/mol. The van der Waals surface area contributed by atoms with Crippen LogP contribution in [0.4, 0.5) is 0 Å². The number of aryl methyl sites for hydroxylation is 1. The molecule has 0 bridgehead atoms. The number of hydrogen-bond acceptors (Lipinski definition) is 6. The highest BCUT2D eigenvalue weighted by Gasteiger charge is 2.21. The molecule has 0 spiro atoms. The SMILES string of the molecule is C=C(c1cc(OC)c(OC)c(OC)c1)c1oc2cc(OC)c(-c3ccc(OC)cc3)cc2c1C. The van der Waals surface area contributed by atoms with Gasteiger partial charge in [-0.3, -0.25) is 0 Å². The van der Waals surface area contributed by atoms with Crippen LogP contribution in [0.2, 0.25) is 0 Å². The predicted octanol–water partition coefficient (Wildman–Crippen LogP) is 6.51. The lowest BCUT2D eigenvalue weighted by molar-refractivity contribution is 0.324. The molecule has 0 amide bonds. The van der Waals surface area contributed by atoms with Gasteiger partial charge in [0.1, 0.15) is 22.8 Å². The predicted molar refractivity (Wildman–Crippen MR) is 134 cm³/mol. The Morgan fingerprint density at radius 1 is 0.735 bits per heavy atom. The molecule has 3 aromatic carbocycles. The maximum absolute atomic E-state index is 6.28. The van der Waals surface area contributed by atoms with Crippen LogP contribution in [0.1, 0.15) is 16.9 Å². The van der Waals surface area contributed by atoms with Gasteiger partial charge in [0.2, 0.25) is 5.75 Å². The Balaban J connectivity index is 1.83. The Morgan fingerprint density at radius 2 is 1.35 bits per heavy atom. The second kappa shape index (κ2) is 9.43. The minimum atomic E-state index is 0.525. The van der Waals surface area contributed by atoms with E-state index in [4.69, 9.17) is 28.1 Å². The van der Waals surface area contributed by atoms with Crippen LogP contribution >= 0.6 is 0 Å². The van der Waals surface area contributed by atoms with Crippen molar-refractivity contribution in [2.24, 2.45) is 0 Å². The first-order chi connectivity index (χ1) is 16.4. The molecule has 1 aromatic heterocycles. The number of fused-ring (bicyclic) bond motifs is 1. The van der Waals surface area contributed by atoms with Crippen LogP contribution in [-0.4, -0.2) is 35.5 Å². The van der Waals surface area contributed by atoms with E-state index < -0.39 is 0 Å². The molecule has 0 atom stereocenters. The molecule has 0 aliphatic rings. The summed E-state index contributed by atoms with van der Waals surface area (Å²) in [5.41, 5.74) is 5.19. The van der Waals surface area contributed by atoms with Crippen LogP contribution in [0.25, 0.3) is 27.7 Å². The van der Waals surface area contributed by atoms with Crippen molar-refractivity contribution < 1.29 is 28.1 Å².